The van der Waals surface area contributed by atoms with Crippen LogP contribution in [0.3, 0.4) is 0 Å². The number of carbonyl (C=O) groups excluding carboxylic acids is 1. The lowest BCUT2D eigenvalue weighted by Crippen LogP contribution is -2.11. The molecule has 1 aromatic carbocycles. The average molecular weight is 303 g/mol. The zero-order valence-electron chi connectivity index (χ0n) is 12.4. The number of benzene rings is 1. The van der Waals surface area contributed by atoms with E-state index in [1.165, 1.54) is 0 Å². The van der Waals surface area contributed by atoms with Crippen molar-refractivity contribution in [1.82, 2.24) is 9.97 Å². The highest BCUT2D eigenvalue weighted by Gasteiger charge is 2.14. The van der Waals surface area contributed by atoms with Crippen molar-refractivity contribution in [3.8, 4) is 0 Å². The van der Waals surface area contributed by atoms with Crippen molar-refractivity contribution < 1.29 is 9.21 Å². The summed E-state index contributed by atoms with van der Waals surface area (Å²) in [6.45, 7) is 1.90. The highest BCUT2D eigenvalue weighted by Crippen LogP contribution is 2.24. The fourth-order valence-electron chi connectivity index (χ4n) is 2.55. The zero-order valence-corrected chi connectivity index (χ0v) is 12.4. The molecule has 5 heteroatoms. The highest BCUT2D eigenvalue weighted by molar-refractivity contribution is 6.08. The Hall–Kier alpha value is -3.21. The standard InChI is InChI=1S/C18H13N3O2/c1-11-5-6-16-15(20-11)9-17(23-16)18(22)21-14-4-2-3-12-10-19-8-7-13(12)14/h2-10H,1H3,(H,21,22). The minimum atomic E-state index is -0.301. The lowest BCUT2D eigenvalue weighted by Gasteiger charge is -2.06. The van der Waals surface area contributed by atoms with Crippen molar-refractivity contribution in [1.29, 1.82) is 0 Å². The van der Waals surface area contributed by atoms with Crippen LogP contribution in [-0.2, 0) is 0 Å². The molecule has 0 atom stereocenters. The molecule has 0 aliphatic rings. The molecule has 4 rings (SSSR count). The minimum absolute atomic E-state index is 0.240. The van der Waals surface area contributed by atoms with Gasteiger partial charge in [0.25, 0.3) is 5.91 Å². The number of hydrogen-bond acceptors (Lipinski definition) is 4. The normalized spacial score (nSPS) is 11.0. The number of rotatable bonds is 2. The lowest BCUT2D eigenvalue weighted by atomic mass is 10.1. The van der Waals surface area contributed by atoms with Gasteiger partial charge in [0.2, 0.25) is 0 Å². The van der Waals surface area contributed by atoms with Gasteiger partial charge in [0.1, 0.15) is 5.52 Å². The van der Waals surface area contributed by atoms with E-state index < -0.39 is 0 Å². The van der Waals surface area contributed by atoms with Crippen LogP contribution in [0.2, 0.25) is 0 Å². The van der Waals surface area contributed by atoms with Gasteiger partial charge < -0.3 is 9.73 Å². The molecule has 4 aromatic rings. The summed E-state index contributed by atoms with van der Waals surface area (Å²) in [5.74, 6) is -0.0610. The molecule has 112 valence electrons. The second-order valence-corrected chi connectivity index (χ2v) is 5.30. The monoisotopic (exact) mass is 303 g/mol. The van der Waals surface area contributed by atoms with E-state index in [1.54, 1.807) is 18.5 Å². The third kappa shape index (κ3) is 2.42. The molecular formula is C18H13N3O2. The van der Waals surface area contributed by atoms with Crippen molar-refractivity contribution >= 4 is 33.5 Å². The van der Waals surface area contributed by atoms with Crippen molar-refractivity contribution in [3.05, 3.63) is 66.3 Å². The second kappa shape index (κ2) is 5.21. The second-order valence-electron chi connectivity index (χ2n) is 5.30. The largest absolute Gasteiger partial charge is 0.449 e. The molecule has 0 aliphatic carbocycles. The van der Waals surface area contributed by atoms with Gasteiger partial charge in [0.15, 0.2) is 11.3 Å². The van der Waals surface area contributed by atoms with E-state index in [0.717, 1.165) is 22.2 Å². The molecule has 1 amide bonds. The summed E-state index contributed by atoms with van der Waals surface area (Å²) in [6, 6.07) is 12.9. The van der Waals surface area contributed by atoms with Crippen LogP contribution in [0.25, 0.3) is 21.9 Å². The first-order chi connectivity index (χ1) is 11.2. The molecule has 0 bridgehead atoms. The third-order valence-electron chi connectivity index (χ3n) is 3.67. The number of furan rings is 1. The molecule has 0 spiro atoms. The van der Waals surface area contributed by atoms with Gasteiger partial charge in [-0.3, -0.25) is 9.78 Å². The predicted octanol–water partition coefficient (Wildman–Crippen LogP) is 3.94. The number of nitrogens with zero attached hydrogens (tertiary/aromatic N) is 2. The number of aryl methyl sites for hydroxylation is 1. The fourth-order valence-corrected chi connectivity index (χ4v) is 2.55. The van der Waals surface area contributed by atoms with Gasteiger partial charge in [0.05, 0.1) is 0 Å². The SMILES string of the molecule is Cc1ccc2oc(C(=O)Nc3cccc4cnccc34)cc2n1. The third-order valence-corrected chi connectivity index (χ3v) is 3.67. The predicted molar refractivity (Wildman–Crippen MR) is 88.4 cm³/mol. The van der Waals surface area contributed by atoms with Crippen LogP contribution in [-0.4, -0.2) is 15.9 Å². The van der Waals surface area contributed by atoms with E-state index in [9.17, 15) is 4.79 Å². The van der Waals surface area contributed by atoms with E-state index in [1.807, 2.05) is 43.3 Å². The smallest absolute Gasteiger partial charge is 0.291 e. The molecule has 0 radical (unpaired) electrons. The van der Waals surface area contributed by atoms with Crippen molar-refractivity contribution in [2.24, 2.45) is 0 Å². The molecule has 0 unspecified atom stereocenters. The Balaban J connectivity index is 1.70. The van der Waals surface area contributed by atoms with Crippen LogP contribution in [0.15, 0.2) is 59.3 Å². The van der Waals surface area contributed by atoms with Crippen molar-refractivity contribution in [3.63, 3.8) is 0 Å². The van der Waals surface area contributed by atoms with Gasteiger partial charge in [-0.15, -0.1) is 0 Å². The Kier molecular flexibility index (Phi) is 3.05. The maximum Gasteiger partial charge on any atom is 0.291 e. The van der Waals surface area contributed by atoms with E-state index >= 15 is 0 Å². The number of nitrogens with one attached hydrogen (secondary N) is 1. The maximum atomic E-state index is 12.5. The van der Waals surface area contributed by atoms with Gasteiger partial charge in [-0.1, -0.05) is 12.1 Å². The molecule has 0 saturated carbocycles. The highest BCUT2D eigenvalue weighted by atomic mass is 16.3. The van der Waals surface area contributed by atoms with E-state index in [2.05, 4.69) is 15.3 Å². The first-order valence-electron chi connectivity index (χ1n) is 7.22. The number of fused-ring (bicyclic) bond motifs is 2. The molecule has 3 heterocycles. The Morgan fingerprint density at radius 1 is 1.17 bits per heavy atom. The van der Waals surface area contributed by atoms with Crippen LogP contribution in [0.1, 0.15) is 16.2 Å². The van der Waals surface area contributed by atoms with Crippen LogP contribution in [0.4, 0.5) is 5.69 Å². The van der Waals surface area contributed by atoms with Crippen LogP contribution >= 0.6 is 0 Å². The summed E-state index contributed by atoms with van der Waals surface area (Å²) < 4.78 is 5.58. The summed E-state index contributed by atoms with van der Waals surface area (Å²) in [6.07, 6.45) is 3.46. The topological polar surface area (TPSA) is 68.0 Å². The number of hydrogen-bond donors (Lipinski definition) is 1. The van der Waals surface area contributed by atoms with Gasteiger partial charge in [-0.05, 0) is 31.2 Å². The molecule has 1 N–H and O–H groups in total. The first-order valence-corrected chi connectivity index (χ1v) is 7.22. The molecule has 0 saturated heterocycles. The zero-order chi connectivity index (χ0) is 15.8. The van der Waals surface area contributed by atoms with Gasteiger partial charge >= 0.3 is 0 Å². The Morgan fingerprint density at radius 2 is 2.09 bits per heavy atom. The van der Waals surface area contributed by atoms with Crippen molar-refractivity contribution in [2.75, 3.05) is 5.32 Å². The maximum absolute atomic E-state index is 12.5. The molecule has 23 heavy (non-hydrogen) atoms. The fraction of sp³-hybridized carbons (Fsp3) is 0.0556. The quantitative estimate of drug-likeness (QED) is 0.609. The average Bonchev–Trinajstić information content (AvgIpc) is 2.98. The summed E-state index contributed by atoms with van der Waals surface area (Å²) in [4.78, 5) is 20.9. The summed E-state index contributed by atoms with van der Waals surface area (Å²) in [5.41, 5.74) is 2.88. The van der Waals surface area contributed by atoms with E-state index in [-0.39, 0.29) is 11.7 Å². The van der Waals surface area contributed by atoms with Crippen LogP contribution in [0, 0.1) is 6.92 Å². The first kappa shape index (κ1) is 13.5. The number of carbonyl (C=O) groups is 1. The Bertz CT molecular complexity index is 1030. The van der Waals surface area contributed by atoms with Crippen LogP contribution < -0.4 is 5.32 Å². The number of aromatic nitrogens is 2. The number of anilines is 1. The van der Waals surface area contributed by atoms with Crippen molar-refractivity contribution in [2.45, 2.75) is 6.92 Å². The summed E-state index contributed by atoms with van der Waals surface area (Å²) >= 11 is 0. The number of amides is 1. The Morgan fingerprint density at radius 3 is 3.00 bits per heavy atom. The van der Waals surface area contributed by atoms with Crippen LogP contribution in [0.5, 0.6) is 0 Å². The van der Waals surface area contributed by atoms with E-state index in [0.29, 0.717) is 11.1 Å². The Labute approximate surface area is 132 Å². The van der Waals surface area contributed by atoms with Gasteiger partial charge in [-0.2, -0.15) is 0 Å². The number of pyridine rings is 2. The van der Waals surface area contributed by atoms with E-state index in [4.69, 9.17) is 4.42 Å². The molecular weight excluding hydrogens is 290 g/mol. The molecule has 0 aliphatic heterocycles. The molecule has 5 nitrogen and oxygen atoms in total. The minimum Gasteiger partial charge on any atom is -0.449 e. The van der Waals surface area contributed by atoms with Gasteiger partial charge in [-0.25, -0.2) is 4.98 Å². The molecule has 3 aromatic heterocycles. The summed E-state index contributed by atoms with van der Waals surface area (Å²) in [7, 11) is 0. The summed E-state index contributed by atoms with van der Waals surface area (Å²) in [5, 5.41) is 4.78. The lowest BCUT2D eigenvalue weighted by molar-refractivity contribution is 0.0999. The molecule has 0 fully saturated rings. The van der Waals surface area contributed by atoms with Gasteiger partial charge in [0, 0.05) is 40.6 Å².